The number of Topliss-reactive ketones (excluding diaryl/α,β-unsaturated/α-hetero) is 1. The standard InChI is InChI=1S/C8H5ClF3NO/c9-4-2-1-3-5(13)6(4)7(14)8(10,11)12/h1-3H,13H2. The first-order valence-corrected chi connectivity index (χ1v) is 3.87. The van der Waals surface area contributed by atoms with Crippen molar-refractivity contribution in [2.24, 2.45) is 0 Å². The van der Waals surface area contributed by atoms with E-state index in [1.807, 2.05) is 0 Å². The van der Waals surface area contributed by atoms with Gasteiger partial charge in [-0.3, -0.25) is 4.79 Å². The van der Waals surface area contributed by atoms with Gasteiger partial charge in [0.25, 0.3) is 5.78 Å². The Kier molecular flexibility index (Phi) is 2.71. The number of benzene rings is 1. The molecule has 0 saturated heterocycles. The lowest BCUT2D eigenvalue weighted by Crippen LogP contribution is -2.24. The van der Waals surface area contributed by atoms with Gasteiger partial charge in [0.2, 0.25) is 0 Å². The molecule has 0 aliphatic heterocycles. The second-order valence-electron chi connectivity index (χ2n) is 2.53. The topological polar surface area (TPSA) is 43.1 Å². The van der Waals surface area contributed by atoms with Crippen LogP contribution in [0.4, 0.5) is 18.9 Å². The molecule has 14 heavy (non-hydrogen) atoms. The number of nitrogen functional groups attached to an aromatic ring is 1. The third kappa shape index (κ3) is 1.98. The number of hydrogen-bond acceptors (Lipinski definition) is 2. The molecule has 0 aliphatic rings. The van der Waals surface area contributed by atoms with Gasteiger partial charge >= 0.3 is 6.18 Å². The van der Waals surface area contributed by atoms with Gasteiger partial charge in [0, 0.05) is 5.69 Å². The van der Waals surface area contributed by atoms with Gasteiger partial charge < -0.3 is 5.73 Å². The molecule has 6 heteroatoms. The van der Waals surface area contributed by atoms with E-state index in [1.54, 1.807) is 0 Å². The second kappa shape index (κ2) is 3.49. The minimum atomic E-state index is -4.96. The predicted octanol–water partition coefficient (Wildman–Crippen LogP) is 2.67. The number of nitrogens with two attached hydrogens (primary N) is 1. The monoisotopic (exact) mass is 223 g/mol. The fraction of sp³-hybridized carbons (Fsp3) is 0.125. The molecule has 1 aromatic carbocycles. The van der Waals surface area contributed by atoms with Gasteiger partial charge in [0.05, 0.1) is 10.6 Å². The van der Waals surface area contributed by atoms with Crippen LogP contribution in [0.2, 0.25) is 5.02 Å². The fourth-order valence-corrected chi connectivity index (χ4v) is 1.19. The molecular formula is C8H5ClF3NO. The number of ketones is 1. The lowest BCUT2D eigenvalue weighted by molar-refractivity contribution is -0.0884. The van der Waals surface area contributed by atoms with Crippen LogP contribution in [0.5, 0.6) is 0 Å². The van der Waals surface area contributed by atoms with Crippen molar-refractivity contribution in [1.82, 2.24) is 0 Å². The summed E-state index contributed by atoms with van der Waals surface area (Å²) in [7, 11) is 0. The second-order valence-corrected chi connectivity index (χ2v) is 2.94. The molecule has 0 atom stereocenters. The molecule has 0 aliphatic carbocycles. The Morgan fingerprint density at radius 2 is 1.93 bits per heavy atom. The van der Waals surface area contributed by atoms with Crippen LogP contribution in [-0.4, -0.2) is 12.0 Å². The highest BCUT2D eigenvalue weighted by atomic mass is 35.5. The van der Waals surface area contributed by atoms with E-state index in [0.717, 1.165) is 0 Å². The lowest BCUT2D eigenvalue weighted by atomic mass is 10.1. The lowest BCUT2D eigenvalue weighted by Gasteiger charge is -2.08. The average Bonchev–Trinajstić information content (AvgIpc) is 2.01. The van der Waals surface area contributed by atoms with Gasteiger partial charge in [-0.2, -0.15) is 13.2 Å². The third-order valence-electron chi connectivity index (χ3n) is 1.53. The first-order valence-electron chi connectivity index (χ1n) is 3.49. The van der Waals surface area contributed by atoms with Crippen LogP contribution >= 0.6 is 11.6 Å². The van der Waals surface area contributed by atoms with Crippen LogP contribution < -0.4 is 5.73 Å². The maximum atomic E-state index is 12.0. The van der Waals surface area contributed by atoms with Gasteiger partial charge in [-0.25, -0.2) is 0 Å². The van der Waals surface area contributed by atoms with Crippen molar-refractivity contribution in [2.45, 2.75) is 6.18 Å². The van der Waals surface area contributed by atoms with E-state index in [2.05, 4.69) is 0 Å². The van der Waals surface area contributed by atoms with Crippen molar-refractivity contribution in [3.63, 3.8) is 0 Å². The van der Waals surface area contributed by atoms with E-state index in [9.17, 15) is 18.0 Å². The molecule has 76 valence electrons. The summed E-state index contributed by atoms with van der Waals surface area (Å²) in [6.07, 6.45) is -4.96. The number of rotatable bonds is 1. The largest absolute Gasteiger partial charge is 0.455 e. The van der Waals surface area contributed by atoms with Crippen molar-refractivity contribution in [3.05, 3.63) is 28.8 Å². The van der Waals surface area contributed by atoms with Crippen molar-refractivity contribution in [2.75, 3.05) is 5.73 Å². The molecule has 0 bridgehead atoms. The summed E-state index contributed by atoms with van der Waals surface area (Å²) in [5.74, 6) is -2.03. The van der Waals surface area contributed by atoms with Crippen LogP contribution in [0.15, 0.2) is 18.2 Å². The van der Waals surface area contributed by atoms with Crippen molar-refractivity contribution < 1.29 is 18.0 Å². The number of carbonyl (C=O) groups is 1. The minimum absolute atomic E-state index is 0.278. The van der Waals surface area contributed by atoms with Gasteiger partial charge in [-0.05, 0) is 12.1 Å². The molecule has 2 N–H and O–H groups in total. The minimum Gasteiger partial charge on any atom is -0.398 e. The molecule has 0 amide bonds. The summed E-state index contributed by atoms with van der Waals surface area (Å²) in [5.41, 5.74) is 4.24. The van der Waals surface area contributed by atoms with Crippen molar-refractivity contribution in [1.29, 1.82) is 0 Å². The summed E-state index contributed by atoms with van der Waals surface area (Å²) in [6, 6.07) is 3.73. The van der Waals surface area contributed by atoms with Crippen LogP contribution in [0.25, 0.3) is 0 Å². The zero-order chi connectivity index (χ0) is 10.9. The molecule has 0 fully saturated rings. The molecule has 1 rings (SSSR count). The Bertz CT molecular complexity index is 355. The normalized spacial score (nSPS) is 11.4. The van der Waals surface area contributed by atoms with E-state index in [1.165, 1.54) is 18.2 Å². The highest BCUT2D eigenvalue weighted by molar-refractivity contribution is 6.35. The summed E-state index contributed by atoms with van der Waals surface area (Å²) in [4.78, 5) is 10.8. The van der Waals surface area contributed by atoms with Crippen LogP contribution in [0.3, 0.4) is 0 Å². The Balaban J connectivity index is 3.26. The van der Waals surface area contributed by atoms with Gasteiger partial charge in [-0.15, -0.1) is 0 Å². The molecular weight excluding hydrogens is 219 g/mol. The number of halogens is 4. The number of carbonyl (C=O) groups excluding carboxylic acids is 1. The Labute approximate surface area is 82.5 Å². The number of hydrogen-bond donors (Lipinski definition) is 1. The first-order chi connectivity index (χ1) is 6.34. The van der Waals surface area contributed by atoms with Gasteiger partial charge in [0.15, 0.2) is 0 Å². The third-order valence-corrected chi connectivity index (χ3v) is 1.85. The van der Waals surface area contributed by atoms with Gasteiger partial charge in [0.1, 0.15) is 0 Å². The highest BCUT2D eigenvalue weighted by Gasteiger charge is 2.41. The summed E-state index contributed by atoms with van der Waals surface area (Å²) in [5, 5.41) is -0.299. The Hall–Kier alpha value is -1.23. The molecule has 0 unspecified atom stereocenters. The molecule has 0 heterocycles. The van der Waals surface area contributed by atoms with Crippen LogP contribution in [-0.2, 0) is 0 Å². The van der Waals surface area contributed by atoms with Gasteiger partial charge in [-0.1, -0.05) is 17.7 Å². The fourth-order valence-electron chi connectivity index (χ4n) is 0.922. The number of alkyl halides is 3. The maximum absolute atomic E-state index is 12.0. The smallest absolute Gasteiger partial charge is 0.398 e. The Morgan fingerprint density at radius 1 is 1.36 bits per heavy atom. The van der Waals surface area contributed by atoms with E-state index in [4.69, 9.17) is 17.3 Å². The highest BCUT2D eigenvalue weighted by Crippen LogP contribution is 2.29. The molecule has 0 aromatic heterocycles. The zero-order valence-corrected chi connectivity index (χ0v) is 7.49. The molecule has 0 saturated carbocycles. The number of anilines is 1. The summed E-state index contributed by atoms with van der Waals surface area (Å²) >= 11 is 5.43. The predicted molar refractivity (Wildman–Crippen MR) is 46.2 cm³/mol. The summed E-state index contributed by atoms with van der Waals surface area (Å²) in [6.45, 7) is 0. The van der Waals surface area contributed by atoms with E-state index in [0.29, 0.717) is 0 Å². The molecule has 2 nitrogen and oxygen atoms in total. The van der Waals surface area contributed by atoms with E-state index >= 15 is 0 Å². The Morgan fingerprint density at radius 3 is 2.36 bits per heavy atom. The zero-order valence-electron chi connectivity index (χ0n) is 6.73. The van der Waals surface area contributed by atoms with Crippen LogP contribution in [0, 0.1) is 0 Å². The summed E-state index contributed by atoms with van der Waals surface area (Å²) < 4.78 is 36.1. The SMILES string of the molecule is Nc1cccc(Cl)c1C(=O)C(F)(F)F. The van der Waals surface area contributed by atoms with Crippen LogP contribution in [0.1, 0.15) is 10.4 Å². The first kappa shape index (κ1) is 10.8. The quantitative estimate of drug-likeness (QED) is 0.588. The van der Waals surface area contributed by atoms with E-state index in [-0.39, 0.29) is 10.7 Å². The average molecular weight is 224 g/mol. The van der Waals surface area contributed by atoms with Crippen molar-refractivity contribution >= 4 is 23.1 Å². The maximum Gasteiger partial charge on any atom is 0.455 e. The van der Waals surface area contributed by atoms with Crippen molar-refractivity contribution in [3.8, 4) is 0 Å². The van der Waals surface area contributed by atoms with E-state index < -0.39 is 17.5 Å². The molecule has 0 radical (unpaired) electrons. The molecule has 0 spiro atoms. The molecule has 1 aromatic rings.